The van der Waals surface area contributed by atoms with E-state index in [-0.39, 0.29) is 17.3 Å². The second-order valence-corrected chi connectivity index (χ2v) is 3.28. The molecule has 16 heavy (non-hydrogen) atoms. The lowest BCUT2D eigenvalue weighted by Crippen LogP contribution is -2.15. The number of carbonyl (C=O) groups excluding carboxylic acids is 1. The van der Waals surface area contributed by atoms with Crippen LogP contribution in [-0.2, 0) is 4.79 Å². The summed E-state index contributed by atoms with van der Waals surface area (Å²) in [5, 5.41) is 2.40. The number of rotatable bonds is 4. The Morgan fingerprint density at radius 2 is 2.25 bits per heavy atom. The molecule has 0 aliphatic carbocycles. The predicted octanol–water partition coefficient (Wildman–Crippen LogP) is 2.77. The molecule has 6 heteroatoms. The van der Waals surface area contributed by atoms with Crippen LogP contribution in [-0.4, -0.2) is 18.4 Å². The Morgan fingerprint density at radius 1 is 1.56 bits per heavy atom. The fourth-order valence-corrected chi connectivity index (χ4v) is 1.23. The molecule has 0 heterocycles. The van der Waals surface area contributed by atoms with Crippen LogP contribution in [0.5, 0.6) is 5.75 Å². The lowest BCUT2D eigenvalue weighted by molar-refractivity contribution is -0.114. The molecule has 1 rings (SSSR count). The average Bonchev–Trinajstić information content (AvgIpc) is 2.22. The van der Waals surface area contributed by atoms with Gasteiger partial charge in [0, 0.05) is 0 Å². The Kier molecular flexibility index (Phi) is 4.49. The zero-order valence-electron chi connectivity index (χ0n) is 8.47. The minimum atomic E-state index is -2.94. The molecule has 1 aromatic carbocycles. The van der Waals surface area contributed by atoms with Crippen molar-refractivity contribution in [3.8, 4) is 5.75 Å². The van der Waals surface area contributed by atoms with Crippen LogP contribution in [0.1, 0.15) is 5.56 Å². The number of alkyl halides is 3. The van der Waals surface area contributed by atoms with Crippen LogP contribution in [0.4, 0.5) is 14.5 Å². The molecule has 0 atom stereocenters. The molecule has 0 radical (unpaired) electrons. The van der Waals surface area contributed by atoms with Gasteiger partial charge in [-0.2, -0.15) is 8.78 Å². The van der Waals surface area contributed by atoms with E-state index in [1.807, 2.05) is 0 Å². The molecule has 0 aromatic heterocycles. The highest BCUT2D eigenvalue weighted by Gasteiger charge is 2.13. The molecular formula is C10H10ClF2NO2. The summed E-state index contributed by atoms with van der Waals surface area (Å²) in [6, 6.07) is 4.58. The second-order valence-electron chi connectivity index (χ2n) is 3.01. The highest BCUT2D eigenvalue weighted by Crippen LogP contribution is 2.29. The predicted molar refractivity (Wildman–Crippen MR) is 57.2 cm³/mol. The van der Waals surface area contributed by atoms with E-state index >= 15 is 0 Å². The van der Waals surface area contributed by atoms with E-state index in [2.05, 4.69) is 10.1 Å². The Morgan fingerprint density at radius 3 is 2.81 bits per heavy atom. The SMILES string of the molecule is Cc1cccc(OC(F)F)c1NC(=O)CCl. The fraction of sp³-hybridized carbons (Fsp3) is 0.300. The number of benzene rings is 1. The maximum Gasteiger partial charge on any atom is 0.387 e. The summed E-state index contributed by atoms with van der Waals surface area (Å²) >= 11 is 5.31. The van der Waals surface area contributed by atoms with Crippen molar-refractivity contribution < 1.29 is 18.3 Å². The monoisotopic (exact) mass is 249 g/mol. The molecule has 0 aliphatic rings. The number of amides is 1. The Labute approximate surface area is 96.4 Å². The quantitative estimate of drug-likeness (QED) is 0.834. The van der Waals surface area contributed by atoms with Gasteiger partial charge in [0.1, 0.15) is 11.6 Å². The van der Waals surface area contributed by atoms with Crippen molar-refractivity contribution in [2.75, 3.05) is 11.2 Å². The number of hydrogen-bond acceptors (Lipinski definition) is 2. The summed E-state index contributed by atoms with van der Waals surface area (Å²) in [5.74, 6) is -0.800. The first-order valence-electron chi connectivity index (χ1n) is 4.45. The third kappa shape index (κ3) is 3.34. The largest absolute Gasteiger partial charge is 0.433 e. The van der Waals surface area contributed by atoms with Gasteiger partial charge in [-0.15, -0.1) is 11.6 Å². The maximum atomic E-state index is 12.1. The van der Waals surface area contributed by atoms with E-state index < -0.39 is 12.5 Å². The van der Waals surface area contributed by atoms with Crippen molar-refractivity contribution in [3.05, 3.63) is 23.8 Å². The summed E-state index contributed by atoms with van der Waals surface area (Å²) in [6.07, 6.45) is 0. The summed E-state index contributed by atoms with van der Waals surface area (Å²) in [6.45, 7) is -1.27. The Hall–Kier alpha value is -1.36. The first-order valence-corrected chi connectivity index (χ1v) is 4.98. The van der Waals surface area contributed by atoms with Gasteiger partial charge in [0.15, 0.2) is 0 Å². The van der Waals surface area contributed by atoms with Crippen molar-refractivity contribution in [2.24, 2.45) is 0 Å². The van der Waals surface area contributed by atoms with E-state index in [4.69, 9.17) is 11.6 Å². The number of carbonyl (C=O) groups is 1. The lowest BCUT2D eigenvalue weighted by atomic mass is 10.2. The van der Waals surface area contributed by atoms with E-state index in [9.17, 15) is 13.6 Å². The first kappa shape index (κ1) is 12.7. The summed E-state index contributed by atoms with van der Waals surface area (Å²) in [7, 11) is 0. The third-order valence-corrected chi connectivity index (χ3v) is 2.08. The van der Waals surface area contributed by atoms with Crippen LogP contribution in [0.3, 0.4) is 0 Å². The minimum absolute atomic E-state index is 0.0755. The van der Waals surface area contributed by atoms with Gasteiger partial charge in [0.25, 0.3) is 0 Å². The van der Waals surface area contributed by atoms with Gasteiger partial charge in [0.2, 0.25) is 5.91 Å². The average molecular weight is 250 g/mol. The van der Waals surface area contributed by atoms with Crippen LogP contribution in [0.15, 0.2) is 18.2 Å². The van der Waals surface area contributed by atoms with Crippen LogP contribution >= 0.6 is 11.6 Å². The molecule has 0 aliphatic heterocycles. The lowest BCUT2D eigenvalue weighted by Gasteiger charge is -2.13. The summed E-state index contributed by atoms with van der Waals surface area (Å²) in [4.78, 5) is 11.1. The van der Waals surface area contributed by atoms with Crippen molar-refractivity contribution in [3.63, 3.8) is 0 Å². The highest BCUT2D eigenvalue weighted by atomic mass is 35.5. The standard InChI is InChI=1S/C10H10ClF2NO2/c1-6-3-2-4-7(16-10(12)13)9(6)14-8(15)5-11/h2-4,10H,5H2,1H3,(H,14,15). The minimum Gasteiger partial charge on any atom is -0.433 e. The molecule has 0 saturated heterocycles. The molecule has 1 amide bonds. The molecule has 0 bridgehead atoms. The molecule has 0 unspecified atom stereocenters. The van der Waals surface area contributed by atoms with Gasteiger partial charge in [-0.25, -0.2) is 0 Å². The van der Waals surface area contributed by atoms with Crippen molar-refractivity contribution in [1.29, 1.82) is 0 Å². The number of nitrogens with one attached hydrogen (secondary N) is 1. The van der Waals surface area contributed by atoms with E-state index in [1.54, 1.807) is 19.1 Å². The van der Waals surface area contributed by atoms with Crippen molar-refractivity contribution in [2.45, 2.75) is 13.5 Å². The van der Waals surface area contributed by atoms with Gasteiger partial charge in [-0.3, -0.25) is 4.79 Å². The maximum absolute atomic E-state index is 12.1. The van der Waals surface area contributed by atoms with Gasteiger partial charge >= 0.3 is 6.61 Å². The number of ether oxygens (including phenoxy) is 1. The zero-order chi connectivity index (χ0) is 12.1. The summed E-state index contributed by atoms with van der Waals surface area (Å²) in [5.41, 5.74) is 0.838. The topological polar surface area (TPSA) is 38.3 Å². The van der Waals surface area contributed by atoms with Crippen LogP contribution in [0.25, 0.3) is 0 Å². The number of hydrogen-bond donors (Lipinski definition) is 1. The number of halogens is 3. The van der Waals surface area contributed by atoms with Gasteiger partial charge in [-0.05, 0) is 18.6 Å². The Balaban J connectivity index is 2.98. The van der Waals surface area contributed by atoms with Crippen molar-refractivity contribution >= 4 is 23.2 Å². The highest BCUT2D eigenvalue weighted by molar-refractivity contribution is 6.29. The molecule has 1 N–H and O–H groups in total. The third-order valence-electron chi connectivity index (χ3n) is 1.84. The zero-order valence-corrected chi connectivity index (χ0v) is 9.22. The fourth-order valence-electron chi connectivity index (χ4n) is 1.17. The van der Waals surface area contributed by atoms with E-state index in [0.717, 1.165) is 0 Å². The second kappa shape index (κ2) is 5.65. The van der Waals surface area contributed by atoms with Crippen molar-refractivity contribution in [1.82, 2.24) is 0 Å². The summed E-state index contributed by atoms with van der Waals surface area (Å²) < 4.78 is 28.5. The molecular weight excluding hydrogens is 240 g/mol. The van der Waals surface area contributed by atoms with Gasteiger partial charge < -0.3 is 10.1 Å². The molecule has 0 spiro atoms. The van der Waals surface area contributed by atoms with Gasteiger partial charge in [0.05, 0.1) is 5.69 Å². The Bertz CT molecular complexity index is 385. The normalized spacial score (nSPS) is 10.3. The first-order chi connectivity index (χ1) is 7.54. The molecule has 0 fully saturated rings. The molecule has 0 saturated carbocycles. The van der Waals surface area contributed by atoms with Crippen LogP contribution < -0.4 is 10.1 Å². The van der Waals surface area contributed by atoms with E-state index in [0.29, 0.717) is 5.56 Å². The molecule has 1 aromatic rings. The molecule has 3 nitrogen and oxygen atoms in total. The van der Waals surface area contributed by atoms with Crippen LogP contribution in [0, 0.1) is 6.92 Å². The smallest absolute Gasteiger partial charge is 0.387 e. The number of para-hydroxylation sites is 1. The van der Waals surface area contributed by atoms with Gasteiger partial charge in [-0.1, -0.05) is 12.1 Å². The molecule has 88 valence electrons. The van der Waals surface area contributed by atoms with E-state index in [1.165, 1.54) is 6.07 Å². The number of anilines is 1. The van der Waals surface area contributed by atoms with Crippen LogP contribution in [0.2, 0.25) is 0 Å². The number of aryl methyl sites for hydroxylation is 1.